The average Bonchev–Trinajstić information content (AvgIpc) is 2.23. The van der Waals surface area contributed by atoms with Gasteiger partial charge in [0, 0.05) is 5.92 Å². The van der Waals surface area contributed by atoms with E-state index >= 15 is 0 Å². The molecule has 1 N–H and O–H groups in total. The third-order valence-electron chi connectivity index (χ3n) is 3.39. The summed E-state index contributed by atoms with van der Waals surface area (Å²) >= 11 is 0. The van der Waals surface area contributed by atoms with E-state index in [1.165, 1.54) is 0 Å². The fourth-order valence-electron chi connectivity index (χ4n) is 2.50. The van der Waals surface area contributed by atoms with Gasteiger partial charge in [-0.1, -0.05) is 6.92 Å². The standard InChI is InChI=1S/C10H16FNO2/c1-6-2-3-9(11)8-4-7(5-13)12-14-10(6)8/h5-10,12H,2-4H2,1H3. The van der Waals surface area contributed by atoms with Gasteiger partial charge in [-0.25, -0.2) is 4.39 Å². The first-order valence-corrected chi connectivity index (χ1v) is 5.23. The van der Waals surface area contributed by atoms with Crippen molar-refractivity contribution in [2.24, 2.45) is 11.8 Å². The van der Waals surface area contributed by atoms with Crippen molar-refractivity contribution in [1.82, 2.24) is 5.48 Å². The normalized spacial score (nSPS) is 48.3. The summed E-state index contributed by atoms with van der Waals surface area (Å²) in [5.74, 6) is 0.280. The highest BCUT2D eigenvalue weighted by Gasteiger charge is 2.42. The van der Waals surface area contributed by atoms with Crippen LogP contribution in [-0.4, -0.2) is 24.6 Å². The molecule has 3 nitrogen and oxygen atoms in total. The number of fused-ring (bicyclic) bond motifs is 1. The van der Waals surface area contributed by atoms with Crippen molar-refractivity contribution in [1.29, 1.82) is 0 Å². The number of nitrogens with one attached hydrogen (secondary N) is 1. The van der Waals surface area contributed by atoms with Crippen molar-refractivity contribution in [3.05, 3.63) is 0 Å². The zero-order valence-electron chi connectivity index (χ0n) is 8.28. The lowest BCUT2D eigenvalue weighted by Gasteiger charge is -2.42. The topological polar surface area (TPSA) is 38.3 Å². The molecule has 0 bridgehead atoms. The molecule has 4 heteroatoms. The SMILES string of the molecule is CC1CCC(F)C2CC(C=O)NOC12. The molecule has 1 aliphatic heterocycles. The maximum absolute atomic E-state index is 13.6. The third-order valence-corrected chi connectivity index (χ3v) is 3.39. The molecule has 1 saturated carbocycles. The van der Waals surface area contributed by atoms with E-state index in [4.69, 9.17) is 4.84 Å². The lowest BCUT2D eigenvalue weighted by atomic mass is 9.75. The van der Waals surface area contributed by atoms with Gasteiger partial charge in [-0.15, -0.1) is 0 Å². The van der Waals surface area contributed by atoms with Gasteiger partial charge >= 0.3 is 0 Å². The summed E-state index contributed by atoms with van der Waals surface area (Å²) in [5.41, 5.74) is 2.68. The van der Waals surface area contributed by atoms with E-state index in [1.807, 2.05) is 0 Å². The van der Waals surface area contributed by atoms with Crippen LogP contribution >= 0.6 is 0 Å². The van der Waals surface area contributed by atoms with Gasteiger partial charge < -0.3 is 4.79 Å². The molecule has 1 aliphatic carbocycles. The quantitative estimate of drug-likeness (QED) is 0.648. The van der Waals surface area contributed by atoms with Gasteiger partial charge in [0.05, 0.1) is 12.1 Å². The molecule has 0 radical (unpaired) electrons. The highest BCUT2D eigenvalue weighted by atomic mass is 19.1. The summed E-state index contributed by atoms with van der Waals surface area (Å²) in [5, 5.41) is 0. The smallest absolute Gasteiger partial charge is 0.139 e. The van der Waals surface area contributed by atoms with Gasteiger partial charge in [0.2, 0.25) is 0 Å². The molecule has 5 atom stereocenters. The molecule has 80 valence electrons. The lowest BCUT2D eigenvalue weighted by Crippen LogP contribution is -2.53. The number of carbonyl (C=O) groups is 1. The first kappa shape index (κ1) is 10.1. The largest absolute Gasteiger partial charge is 0.302 e. The Balaban J connectivity index is 2.06. The zero-order valence-corrected chi connectivity index (χ0v) is 8.28. The number of rotatable bonds is 1. The molecular weight excluding hydrogens is 185 g/mol. The van der Waals surface area contributed by atoms with Crippen LogP contribution in [-0.2, 0) is 9.63 Å². The summed E-state index contributed by atoms with van der Waals surface area (Å²) in [6.45, 7) is 2.08. The van der Waals surface area contributed by atoms with Gasteiger partial charge in [0.1, 0.15) is 12.5 Å². The Hall–Kier alpha value is -0.480. The fourth-order valence-corrected chi connectivity index (χ4v) is 2.50. The van der Waals surface area contributed by atoms with Crippen LogP contribution in [0.5, 0.6) is 0 Å². The number of hydroxylamine groups is 1. The second-order valence-corrected chi connectivity index (χ2v) is 4.41. The molecule has 1 heterocycles. The van der Waals surface area contributed by atoms with Gasteiger partial charge in [-0.3, -0.25) is 4.84 Å². The first-order chi connectivity index (χ1) is 6.72. The van der Waals surface area contributed by atoms with Crippen LogP contribution in [0.2, 0.25) is 0 Å². The highest BCUT2D eigenvalue weighted by Crippen LogP contribution is 2.37. The van der Waals surface area contributed by atoms with Crippen LogP contribution < -0.4 is 5.48 Å². The molecule has 2 aliphatic rings. The van der Waals surface area contributed by atoms with Crippen molar-refractivity contribution >= 4 is 6.29 Å². The Bertz CT molecular complexity index is 224. The molecule has 0 spiro atoms. The second-order valence-electron chi connectivity index (χ2n) is 4.41. The predicted octanol–water partition coefficient (Wildman–Crippen LogP) is 1.23. The lowest BCUT2D eigenvalue weighted by molar-refractivity contribution is -0.166. The minimum Gasteiger partial charge on any atom is -0.302 e. The summed E-state index contributed by atoms with van der Waals surface area (Å²) in [7, 11) is 0. The van der Waals surface area contributed by atoms with E-state index in [9.17, 15) is 9.18 Å². The molecule has 1 saturated heterocycles. The molecule has 0 aromatic rings. The highest BCUT2D eigenvalue weighted by molar-refractivity contribution is 5.57. The van der Waals surface area contributed by atoms with Crippen LogP contribution in [0.15, 0.2) is 0 Å². The van der Waals surface area contributed by atoms with Gasteiger partial charge in [0.25, 0.3) is 0 Å². The molecule has 0 amide bonds. The monoisotopic (exact) mass is 201 g/mol. The Morgan fingerprint density at radius 1 is 1.50 bits per heavy atom. The van der Waals surface area contributed by atoms with E-state index in [0.717, 1.165) is 12.7 Å². The van der Waals surface area contributed by atoms with Crippen LogP contribution in [0.3, 0.4) is 0 Å². The Labute approximate surface area is 83.0 Å². The maximum Gasteiger partial charge on any atom is 0.139 e. The molecule has 14 heavy (non-hydrogen) atoms. The van der Waals surface area contributed by atoms with Crippen LogP contribution in [0.4, 0.5) is 4.39 Å². The number of aldehydes is 1. The second kappa shape index (κ2) is 3.95. The summed E-state index contributed by atoms with van der Waals surface area (Å²) in [4.78, 5) is 15.9. The maximum atomic E-state index is 13.6. The van der Waals surface area contributed by atoms with Gasteiger partial charge in [-0.2, -0.15) is 5.48 Å². The molecule has 2 rings (SSSR count). The van der Waals surface area contributed by atoms with Crippen molar-refractivity contribution in [2.45, 2.75) is 44.5 Å². The summed E-state index contributed by atoms with van der Waals surface area (Å²) < 4.78 is 13.6. The molecule has 0 aromatic carbocycles. The Morgan fingerprint density at radius 2 is 2.29 bits per heavy atom. The van der Waals surface area contributed by atoms with E-state index in [-0.39, 0.29) is 18.1 Å². The number of carbonyl (C=O) groups excluding carboxylic acids is 1. The molecular formula is C10H16FNO2. The zero-order chi connectivity index (χ0) is 10.1. The van der Waals surface area contributed by atoms with Crippen molar-refractivity contribution in [2.75, 3.05) is 0 Å². The molecule has 0 aromatic heterocycles. The van der Waals surface area contributed by atoms with E-state index in [2.05, 4.69) is 12.4 Å². The Morgan fingerprint density at radius 3 is 3.00 bits per heavy atom. The van der Waals surface area contributed by atoms with Crippen LogP contribution in [0.1, 0.15) is 26.2 Å². The predicted molar refractivity (Wildman–Crippen MR) is 49.3 cm³/mol. The summed E-state index contributed by atoms with van der Waals surface area (Å²) in [6, 6.07) is -0.334. The van der Waals surface area contributed by atoms with Gasteiger partial charge in [0.15, 0.2) is 0 Å². The van der Waals surface area contributed by atoms with E-state index < -0.39 is 6.17 Å². The van der Waals surface area contributed by atoms with Gasteiger partial charge in [-0.05, 0) is 25.2 Å². The van der Waals surface area contributed by atoms with Crippen molar-refractivity contribution in [3.63, 3.8) is 0 Å². The average molecular weight is 201 g/mol. The van der Waals surface area contributed by atoms with Crippen molar-refractivity contribution in [3.8, 4) is 0 Å². The minimum absolute atomic E-state index is 0.0602. The number of hydrogen-bond acceptors (Lipinski definition) is 3. The first-order valence-electron chi connectivity index (χ1n) is 5.23. The molecule has 5 unspecified atom stereocenters. The van der Waals surface area contributed by atoms with E-state index in [1.54, 1.807) is 0 Å². The number of alkyl halides is 1. The van der Waals surface area contributed by atoms with E-state index in [0.29, 0.717) is 18.8 Å². The number of halogens is 1. The van der Waals surface area contributed by atoms with Crippen LogP contribution in [0, 0.1) is 11.8 Å². The third kappa shape index (κ3) is 1.68. The Kier molecular flexibility index (Phi) is 2.83. The number of hydrogen-bond donors (Lipinski definition) is 1. The van der Waals surface area contributed by atoms with Crippen molar-refractivity contribution < 1.29 is 14.0 Å². The summed E-state index contributed by atoms with van der Waals surface area (Å²) in [6.07, 6.45) is 1.98. The molecule has 2 fully saturated rings. The minimum atomic E-state index is -0.805. The fraction of sp³-hybridized carbons (Fsp3) is 0.900. The van der Waals surface area contributed by atoms with Crippen LogP contribution in [0.25, 0.3) is 0 Å².